The number of Topliss-reactive ketones (excluding diaryl/α,β-unsaturated/α-hetero) is 1. The Morgan fingerprint density at radius 2 is 1.74 bits per heavy atom. The number of rotatable bonds is 5. The third-order valence-electron chi connectivity index (χ3n) is 5.29. The van der Waals surface area contributed by atoms with Crippen molar-refractivity contribution >= 4 is 17.7 Å². The Labute approximate surface area is 173 Å². The maximum Gasteiger partial charge on any atom is 0.406 e. The van der Waals surface area contributed by atoms with Crippen LogP contribution in [0.2, 0.25) is 0 Å². The number of halogens is 5. The van der Waals surface area contributed by atoms with Gasteiger partial charge in [0.05, 0.1) is 6.54 Å². The van der Waals surface area contributed by atoms with E-state index >= 15 is 0 Å². The van der Waals surface area contributed by atoms with Gasteiger partial charge in [-0.2, -0.15) is 13.2 Å². The molecule has 1 aromatic heterocycles. The molecule has 0 aliphatic carbocycles. The van der Waals surface area contributed by atoms with Gasteiger partial charge in [-0.05, 0) is 44.5 Å². The maximum absolute atomic E-state index is 13.6. The number of urea groups is 1. The molecule has 0 saturated carbocycles. The van der Waals surface area contributed by atoms with Gasteiger partial charge in [0.1, 0.15) is 12.1 Å². The van der Waals surface area contributed by atoms with Crippen LogP contribution in [0.3, 0.4) is 0 Å². The SMILES string of the molecule is Cc1cc(C(=O)CN2C(=O)NC(C)(c3ccc(F)c(F)c3)C2=O)c(C)n1CC(F)(F)F. The van der Waals surface area contributed by atoms with Crippen LogP contribution in [0.5, 0.6) is 0 Å². The highest BCUT2D eigenvalue weighted by Crippen LogP contribution is 2.30. The summed E-state index contributed by atoms with van der Waals surface area (Å²) in [5.74, 6) is -3.96. The molecule has 31 heavy (non-hydrogen) atoms. The first-order valence-electron chi connectivity index (χ1n) is 9.11. The lowest BCUT2D eigenvalue weighted by atomic mass is 9.92. The number of nitrogens with zero attached hydrogens (tertiary/aromatic N) is 2. The number of amides is 3. The van der Waals surface area contributed by atoms with Crippen LogP contribution in [0.4, 0.5) is 26.7 Å². The van der Waals surface area contributed by atoms with Crippen molar-refractivity contribution in [3.05, 3.63) is 58.4 Å². The second-order valence-electron chi connectivity index (χ2n) is 7.48. The minimum Gasteiger partial charge on any atom is -0.339 e. The summed E-state index contributed by atoms with van der Waals surface area (Å²) in [6.07, 6.45) is -4.49. The van der Waals surface area contributed by atoms with E-state index in [0.29, 0.717) is 4.90 Å². The lowest BCUT2D eigenvalue weighted by Crippen LogP contribution is -2.41. The zero-order valence-corrected chi connectivity index (χ0v) is 16.7. The van der Waals surface area contributed by atoms with E-state index in [1.54, 1.807) is 0 Å². The van der Waals surface area contributed by atoms with Crippen molar-refractivity contribution in [3.8, 4) is 0 Å². The molecule has 1 N–H and O–H groups in total. The molecule has 2 aromatic rings. The topological polar surface area (TPSA) is 71.4 Å². The Kier molecular flexibility index (Phi) is 5.41. The van der Waals surface area contributed by atoms with Crippen molar-refractivity contribution in [2.45, 2.75) is 39.0 Å². The monoisotopic (exact) mass is 443 g/mol. The molecule has 1 fully saturated rings. The van der Waals surface area contributed by atoms with Crippen molar-refractivity contribution in [3.63, 3.8) is 0 Å². The summed E-state index contributed by atoms with van der Waals surface area (Å²) in [4.78, 5) is 38.5. The van der Waals surface area contributed by atoms with Crippen LogP contribution in [0, 0.1) is 25.5 Å². The Bertz CT molecular complexity index is 1090. The van der Waals surface area contributed by atoms with E-state index in [0.717, 1.165) is 22.8 Å². The van der Waals surface area contributed by atoms with Crippen molar-refractivity contribution in [1.29, 1.82) is 0 Å². The zero-order chi connectivity index (χ0) is 23.3. The van der Waals surface area contributed by atoms with Gasteiger partial charge < -0.3 is 9.88 Å². The van der Waals surface area contributed by atoms with Gasteiger partial charge in [-0.1, -0.05) is 6.07 Å². The molecule has 1 aliphatic heterocycles. The molecule has 1 saturated heterocycles. The van der Waals surface area contributed by atoms with Crippen LogP contribution >= 0.6 is 0 Å². The number of alkyl halides is 3. The number of hydrogen-bond donors (Lipinski definition) is 1. The Hall–Kier alpha value is -3.24. The van der Waals surface area contributed by atoms with Crippen molar-refractivity contribution < 1.29 is 36.3 Å². The van der Waals surface area contributed by atoms with Crippen LogP contribution in [-0.2, 0) is 16.9 Å². The smallest absolute Gasteiger partial charge is 0.339 e. The molecule has 1 aromatic carbocycles. The van der Waals surface area contributed by atoms with Crippen LogP contribution in [0.1, 0.15) is 34.2 Å². The summed E-state index contributed by atoms with van der Waals surface area (Å²) in [6, 6.07) is 3.03. The van der Waals surface area contributed by atoms with Gasteiger partial charge >= 0.3 is 12.2 Å². The summed E-state index contributed by atoms with van der Waals surface area (Å²) in [5.41, 5.74) is -1.57. The highest BCUT2D eigenvalue weighted by molar-refractivity contribution is 6.11. The first kappa shape index (κ1) is 22.4. The first-order chi connectivity index (χ1) is 14.2. The minimum absolute atomic E-state index is 0.0249. The number of benzene rings is 1. The van der Waals surface area contributed by atoms with E-state index in [1.807, 2.05) is 0 Å². The van der Waals surface area contributed by atoms with E-state index in [4.69, 9.17) is 0 Å². The zero-order valence-electron chi connectivity index (χ0n) is 16.7. The molecular formula is C20H18F5N3O3. The molecule has 1 aliphatic rings. The average molecular weight is 443 g/mol. The van der Waals surface area contributed by atoms with Gasteiger partial charge in [0.15, 0.2) is 17.4 Å². The van der Waals surface area contributed by atoms with Gasteiger partial charge in [-0.3, -0.25) is 14.5 Å². The Morgan fingerprint density at radius 3 is 2.32 bits per heavy atom. The summed E-state index contributed by atoms with van der Waals surface area (Å²) in [7, 11) is 0. The predicted molar refractivity (Wildman–Crippen MR) is 98.2 cm³/mol. The van der Waals surface area contributed by atoms with E-state index in [1.165, 1.54) is 26.8 Å². The molecule has 0 radical (unpaired) electrons. The number of nitrogens with one attached hydrogen (secondary N) is 1. The lowest BCUT2D eigenvalue weighted by molar-refractivity contribution is -0.141. The molecule has 1 atom stereocenters. The largest absolute Gasteiger partial charge is 0.406 e. The van der Waals surface area contributed by atoms with Crippen LogP contribution in [0.25, 0.3) is 0 Å². The number of ketones is 1. The molecule has 0 bridgehead atoms. The molecule has 1 unspecified atom stereocenters. The Morgan fingerprint density at radius 1 is 1.10 bits per heavy atom. The second-order valence-corrected chi connectivity index (χ2v) is 7.48. The summed E-state index contributed by atoms with van der Waals surface area (Å²) < 4.78 is 66.1. The third kappa shape index (κ3) is 4.04. The van der Waals surface area contributed by atoms with E-state index in [-0.39, 0.29) is 22.5 Å². The van der Waals surface area contributed by atoms with Crippen LogP contribution < -0.4 is 5.32 Å². The van der Waals surface area contributed by atoms with Crippen molar-refractivity contribution in [2.24, 2.45) is 0 Å². The highest BCUT2D eigenvalue weighted by Gasteiger charge is 2.49. The van der Waals surface area contributed by atoms with E-state index < -0.39 is 54.2 Å². The fourth-order valence-electron chi connectivity index (χ4n) is 3.58. The minimum atomic E-state index is -4.49. The van der Waals surface area contributed by atoms with E-state index in [9.17, 15) is 36.3 Å². The fourth-order valence-corrected chi connectivity index (χ4v) is 3.58. The van der Waals surface area contributed by atoms with Crippen molar-refractivity contribution in [1.82, 2.24) is 14.8 Å². The number of aryl methyl sites for hydroxylation is 1. The summed E-state index contributed by atoms with van der Waals surface area (Å²) in [5, 5.41) is 2.35. The number of imide groups is 1. The Balaban J connectivity index is 1.86. The van der Waals surface area contributed by atoms with Gasteiger partial charge in [0, 0.05) is 17.0 Å². The molecule has 166 valence electrons. The standard InChI is InChI=1S/C20H18F5N3O3/c1-10-6-13(11(2)28(10)9-20(23,24)25)16(29)8-27-17(30)19(3,26-18(27)31)12-4-5-14(21)15(22)7-12/h4-7H,8-9H2,1-3H3,(H,26,31). The molecule has 3 rings (SSSR count). The molecule has 0 spiro atoms. The number of carbonyl (C=O) groups excluding carboxylic acids is 3. The lowest BCUT2D eigenvalue weighted by Gasteiger charge is -2.22. The summed E-state index contributed by atoms with van der Waals surface area (Å²) in [6.45, 7) is 2.02. The van der Waals surface area contributed by atoms with E-state index in [2.05, 4.69) is 5.32 Å². The maximum atomic E-state index is 13.6. The highest BCUT2D eigenvalue weighted by atomic mass is 19.4. The van der Waals surface area contributed by atoms with Crippen molar-refractivity contribution in [2.75, 3.05) is 6.54 Å². The molecule has 11 heteroatoms. The van der Waals surface area contributed by atoms with Gasteiger partial charge in [-0.25, -0.2) is 13.6 Å². The van der Waals surface area contributed by atoms with Crippen LogP contribution in [-0.4, -0.2) is 39.9 Å². The molecule has 2 heterocycles. The van der Waals surface area contributed by atoms with Crippen LogP contribution in [0.15, 0.2) is 24.3 Å². The first-order valence-corrected chi connectivity index (χ1v) is 9.11. The van der Waals surface area contributed by atoms with Gasteiger partial charge in [0.2, 0.25) is 0 Å². The molecule has 6 nitrogen and oxygen atoms in total. The quantitative estimate of drug-likeness (QED) is 0.436. The second kappa shape index (κ2) is 7.47. The average Bonchev–Trinajstić information content (AvgIpc) is 3.05. The third-order valence-corrected chi connectivity index (χ3v) is 5.29. The number of aromatic nitrogens is 1. The van der Waals surface area contributed by atoms with Gasteiger partial charge in [-0.15, -0.1) is 0 Å². The molecular weight excluding hydrogens is 425 g/mol. The normalized spacial score (nSPS) is 19.2. The molecule has 3 amide bonds. The predicted octanol–water partition coefficient (Wildman–Crippen LogP) is 3.60. The number of carbonyl (C=O) groups is 3. The van der Waals surface area contributed by atoms with Gasteiger partial charge in [0.25, 0.3) is 5.91 Å². The number of hydrogen-bond acceptors (Lipinski definition) is 3. The fraction of sp³-hybridized carbons (Fsp3) is 0.350. The summed E-state index contributed by atoms with van der Waals surface area (Å²) >= 11 is 0.